The van der Waals surface area contributed by atoms with E-state index in [0.29, 0.717) is 21.6 Å². The first-order chi connectivity index (χ1) is 13.4. The Kier molecular flexibility index (Phi) is 6.05. The van der Waals surface area contributed by atoms with Crippen LogP contribution in [-0.4, -0.2) is 18.6 Å². The maximum Gasteiger partial charge on any atom is 0.258 e. The number of halogens is 1. The van der Waals surface area contributed by atoms with E-state index in [0.717, 1.165) is 12.0 Å². The third-order valence-electron chi connectivity index (χ3n) is 4.53. The molecule has 1 atom stereocenters. The Bertz CT molecular complexity index is 1060. The second kappa shape index (κ2) is 8.48. The molecule has 28 heavy (non-hydrogen) atoms. The van der Waals surface area contributed by atoms with E-state index >= 15 is 0 Å². The Labute approximate surface area is 168 Å². The van der Waals surface area contributed by atoms with Gasteiger partial charge >= 0.3 is 0 Å². The van der Waals surface area contributed by atoms with Gasteiger partial charge in [-0.05, 0) is 38.0 Å². The van der Waals surface area contributed by atoms with Gasteiger partial charge < -0.3 is 14.5 Å². The number of carbonyl (C=O) groups excluding carboxylic acids is 1. The summed E-state index contributed by atoms with van der Waals surface area (Å²) in [6.07, 6.45) is 0.803. The van der Waals surface area contributed by atoms with E-state index in [2.05, 4.69) is 5.32 Å². The largest absolute Gasteiger partial charge is 0.476 e. The third kappa shape index (κ3) is 4.20. The van der Waals surface area contributed by atoms with Crippen LogP contribution in [0.1, 0.15) is 25.8 Å². The molecule has 3 aromatic rings. The molecule has 6 heteroatoms. The number of hydrogen-bond donors (Lipinski definition) is 1. The van der Waals surface area contributed by atoms with Gasteiger partial charge in [0.2, 0.25) is 11.2 Å². The molecule has 3 rings (SSSR count). The van der Waals surface area contributed by atoms with Crippen molar-refractivity contribution >= 4 is 28.5 Å². The van der Waals surface area contributed by atoms with Gasteiger partial charge in [-0.2, -0.15) is 0 Å². The van der Waals surface area contributed by atoms with Crippen LogP contribution in [0.2, 0.25) is 5.02 Å². The minimum absolute atomic E-state index is 0.00192. The average molecular weight is 400 g/mol. The zero-order chi connectivity index (χ0) is 20.3. The first kappa shape index (κ1) is 20.0. The highest BCUT2D eigenvalue weighted by Crippen LogP contribution is 2.32. The monoisotopic (exact) mass is 399 g/mol. The molecular weight excluding hydrogens is 378 g/mol. The molecule has 0 aliphatic carbocycles. The van der Waals surface area contributed by atoms with Gasteiger partial charge in [-0.25, -0.2) is 0 Å². The Morgan fingerprint density at radius 1 is 1.25 bits per heavy atom. The molecule has 0 fully saturated rings. The molecule has 0 bridgehead atoms. The van der Waals surface area contributed by atoms with E-state index < -0.39 is 0 Å². The van der Waals surface area contributed by atoms with Gasteiger partial charge in [0.15, 0.2) is 12.4 Å². The molecule has 0 unspecified atom stereocenters. The van der Waals surface area contributed by atoms with Crippen LogP contribution in [-0.2, 0) is 4.79 Å². The number of aryl methyl sites for hydroxylation is 1. The van der Waals surface area contributed by atoms with Crippen LogP contribution in [0.3, 0.4) is 0 Å². The predicted molar refractivity (Wildman–Crippen MR) is 111 cm³/mol. The number of carbonyl (C=O) groups is 1. The van der Waals surface area contributed by atoms with Crippen LogP contribution in [0.5, 0.6) is 5.75 Å². The molecule has 0 spiro atoms. The normalized spacial score (nSPS) is 12.0. The molecule has 5 nitrogen and oxygen atoms in total. The molecule has 0 aliphatic heterocycles. The lowest BCUT2D eigenvalue weighted by atomic mass is 10.1. The van der Waals surface area contributed by atoms with Crippen molar-refractivity contribution in [1.29, 1.82) is 0 Å². The van der Waals surface area contributed by atoms with Crippen molar-refractivity contribution in [3.05, 3.63) is 63.3 Å². The number of ether oxygens (including phenoxy) is 1. The predicted octanol–water partition coefficient (Wildman–Crippen LogP) is 4.72. The summed E-state index contributed by atoms with van der Waals surface area (Å²) < 4.78 is 11.7. The van der Waals surface area contributed by atoms with E-state index in [1.165, 1.54) is 0 Å². The standard InChI is InChI=1S/C22H22ClNO4/c1-4-14(3)24-19(25)12-27-22-20(26)16-11-17(23)13(2)10-18(16)28-21(22)15-8-6-5-7-9-15/h5-11,14H,4,12H2,1-3H3,(H,24,25)/t14-/m0/s1. The van der Waals surface area contributed by atoms with Crippen molar-refractivity contribution in [1.82, 2.24) is 5.32 Å². The van der Waals surface area contributed by atoms with E-state index in [-0.39, 0.29) is 35.5 Å². The van der Waals surface area contributed by atoms with E-state index in [9.17, 15) is 9.59 Å². The molecule has 0 radical (unpaired) electrons. The molecule has 0 saturated heterocycles. The van der Waals surface area contributed by atoms with Crippen molar-refractivity contribution in [3.63, 3.8) is 0 Å². The lowest BCUT2D eigenvalue weighted by molar-refractivity contribution is -0.123. The summed E-state index contributed by atoms with van der Waals surface area (Å²) >= 11 is 6.18. The molecular formula is C22H22ClNO4. The fourth-order valence-electron chi connectivity index (χ4n) is 2.77. The maximum absolute atomic E-state index is 13.1. The fraction of sp³-hybridized carbons (Fsp3) is 0.273. The summed E-state index contributed by atoms with van der Waals surface area (Å²) in [5, 5.41) is 3.59. The smallest absolute Gasteiger partial charge is 0.258 e. The van der Waals surface area contributed by atoms with Crippen LogP contribution in [0.15, 0.2) is 51.7 Å². The average Bonchev–Trinajstić information content (AvgIpc) is 2.69. The number of nitrogens with one attached hydrogen (secondary N) is 1. The maximum atomic E-state index is 13.1. The molecule has 1 aromatic heterocycles. The minimum Gasteiger partial charge on any atom is -0.476 e. The van der Waals surface area contributed by atoms with Crippen LogP contribution < -0.4 is 15.5 Å². The second-order valence-corrected chi connectivity index (χ2v) is 7.13. The Hall–Kier alpha value is -2.79. The Morgan fingerprint density at radius 3 is 2.64 bits per heavy atom. The lowest BCUT2D eigenvalue weighted by Crippen LogP contribution is -2.36. The summed E-state index contributed by atoms with van der Waals surface area (Å²) in [4.78, 5) is 25.2. The highest BCUT2D eigenvalue weighted by Gasteiger charge is 2.20. The zero-order valence-electron chi connectivity index (χ0n) is 16.0. The van der Waals surface area contributed by atoms with Gasteiger partial charge in [0, 0.05) is 16.6 Å². The first-order valence-corrected chi connectivity index (χ1v) is 9.53. The third-order valence-corrected chi connectivity index (χ3v) is 4.94. The quantitative estimate of drug-likeness (QED) is 0.651. The Morgan fingerprint density at radius 2 is 1.96 bits per heavy atom. The molecule has 1 N–H and O–H groups in total. The van der Waals surface area contributed by atoms with Crippen LogP contribution in [0, 0.1) is 6.92 Å². The van der Waals surface area contributed by atoms with Crippen LogP contribution >= 0.6 is 11.6 Å². The molecule has 0 aliphatic rings. The number of rotatable bonds is 6. The van der Waals surface area contributed by atoms with Gasteiger partial charge in [-0.3, -0.25) is 9.59 Å². The lowest BCUT2D eigenvalue weighted by Gasteiger charge is -2.14. The highest BCUT2D eigenvalue weighted by atomic mass is 35.5. The summed E-state index contributed by atoms with van der Waals surface area (Å²) in [6.45, 7) is 5.44. The zero-order valence-corrected chi connectivity index (χ0v) is 16.8. The van der Waals surface area contributed by atoms with Crippen LogP contribution in [0.25, 0.3) is 22.3 Å². The molecule has 2 aromatic carbocycles. The summed E-state index contributed by atoms with van der Waals surface area (Å²) in [6, 6.07) is 12.5. The minimum atomic E-state index is -0.363. The molecule has 0 saturated carbocycles. The molecule has 1 heterocycles. The van der Waals surface area contributed by atoms with Crippen molar-refractivity contribution in [2.24, 2.45) is 0 Å². The van der Waals surface area contributed by atoms with Gasteiger partial charge in [0.25, 0.3) is 5.91 Å². The first-order valence-electron chi connectivity index (χ1n) is 9.15. The number of hydrogen-bond acceptors (Lipinski definition) is 4. The van der Waals surface area contributed by atoms with Gasteiger partial charge in [-0.15, -0.1) is 0 Å². The van der Waals surface area contributed by atoms with E-state index in [1.54, 1.807) is 12.1 Å². The van der Waals surface area contributed by atoms with Crippen molar-refractivity contribution in [2.75, 3.05) is 6.61 Å². The van der Waals surface area contributed by atoms with E-state index in [1.807, 2.05) is 51.1 Å². The summed E-state index contributed by atoms with van der Waals surface area (Å²) in [5.74, 6) is -0.0103. The SMILES string of the molecule is CC[C@H](C)NC(=O)COc1c(-c2ccccc2)oc2cc(C)c(Cl)cc2c1=O. The van der Waals surface area contributed by atoms with Gasteiger partial charge in [0.1, 0.15) is 5.58 Å². The second-order valence-electron chi connectivity index (χ2n) is 6.72. The molecule has 146 valence electrons. The summed E-state index contributed by atoms with van der Waals surface area (Å²) in [7, 11) is 0. The topological polar surface area (TPSA) is 68.5 Å². The number of fused-ring (bicyclic) bond motifs is 1. The highest BCUT2D eigenvalue weighted by molar-refractivity contribution is 6.32. The van der Waals surface area contributed by atoms with Crippen molar-refractivity contribution in [3.8, 4) is 17.1 Å². The number of amides is 1. The van der Waals surface area contributed by atoms with Crippen molar-refractivity contribution in [2.45, 2.75) is 33.2 Å². The Balaban J connectivity index is 2.08. The summed E-state index contributed by atoms with van der Waals surface area (Å²) in [5.41, 5.74) is 1.55. The van der Waals surface area contributed by atoms with Gasteiger partial charge in [0.05, 0.1) is 5.39 Å². The fourth-order valence-corrected chi connectivity index (χ4v) is 2.93. The van der Waals surface area contributed by atoms with Crippen LogP contribution in [0.4, 0.5) is 0 Å². The van der Waals surface area contributed by atoms with Crippen molar-refractivity contribution < 1.29 is 13.9 Å². The number of benzene rings is 2. The van der Waals surface area contributed by atoms with E-state index in [4.69, 9.17) is 20.8 Å². The van der Waals surface area contributed by atoms with Gasteiger partial charge in [-0.1, -0.05) is 48.9 Å². The molecule has 1 amide bonds.